The molecule has 0 fully saturated rings. The Hall–Kier alpha value is -5.89. The fourth-order valence-corrected chi connectivity index (χ4v) is 4.09. The summed E-state index contributed by atoms with van der Waals surface area (Å²) in [6.07, 6.45) is 6.77. The highest BCUT2D eigenvalue weighted by molar-refractivity contribution is 9.10. The number of halogens is 4. The minimum absolute atomic E-state index is 0.0684. The molecule has 0 aliphatic carbocycles. The van der Waals surface area contributed by atoms with Crippen LogP contribution in [0.4, 0.5) is 13.2 Å². The lowest BCUT2D eigenvalue weighted by atomic mass is 10.1. The molecule has 0 heterocycles. The van der Waals surface area contributed by atoms with Crippen molar-refractivity contribution < 1.29 is 47.5 Å². The molecule has 0 atom stereocenters. The number of hydroxylamine groups is 2. The van der Waals surface area contributed by atoms with E-state index in [1.165, 1.54) is 47.4 Å². The summed E-state index contributed by atoms with van der Waals surface area (Å²) in [7, 11) is 0. The van der Waals surface area contributed by atoms with Crippen LogP contribution in [0.5, 0.6) is 5.75 Å². The molecule has 4 rings (SSSR count). The molecule has 50 heavy (non-hydrogen) atoms. The minimum atomic E-state index is -4.78. The van der Waals surface area contributed by atoms with Gasteiger partial charge in [0.25, 0.3) is 11.8 Å². The first-order valence-corrected chi connectivity index (χ1v) is 15.1. The summed E-state index contributed by atoms with van der Waals surface area (Å²) in [5.74, 6) is -2.09. The largest absolute Gasteiger partial charge is 0.573 e. The number of ketones is 2. The van der Waals surface area contributed by atoms with Crippen LogP contribution in [0.3, 0.4) is 0 Å². The van der Waals surface area contributed by atoms with Crippen LogP contribution < -0.4 is 15.7 Å². The summed E-state index contributed by atoms with van der Waals surface area (Å²) >= 11 is 3.33. The van der Waals surface area contributed by atoms with Crippen LogP contribution in [-0.2, 0) is 9.59 Å². The van der Waals surface area contributed by atoms with Gasteiger partial charge >= 0.3 is 6.36 Å². The molecule has 0 aliphatic rings. The SMILES string of the molecule is O=C(/C=C/c1ccc(/C=C/C(=O)c2ccc(Br)cc2)cc1)NO.O=C(/C=C/c1ccc(/C=C/C(=O)c2ccc(OC(F)(F)F)cc2)cc1)NO. The van der Waals surface area contributed by atoms with E-state index >= 15 is 0 Å². The average Bonchev–Trinajstić information content (AvgIpc) is 3.11. The van der Waals surface area contributed by atoms with Gasteiger partial charge in [-0.15, -0.1) is 13.2 Å². The number of allylic oxidation sites excluding steroid dienone is 2. The van der Waals surface area contributed by atoms with Gasteiger partial charge in [0.05, 0.1) is 0 Å². The van der Waals surface area contributed by atoms with E-state index in [2.05, 4.69) is 20.7 Å². The van der Waals surface area contributed by atoms with Crippen molar-refractivity contribution in [3.8, 4) is 5.75 Å². The molecule has 4 N–H and O–H groups in total. The predicted octanol–water partition coefficient (Wildman–Crippen LogP) is 7.86. The third kappa shape index (κ3) is 14.1. The quantitative estimate of drug-likeness (QED) is 0.0530. The van der Waals surface area contributed by atoms with Gasteiger partial charge in [-0.05, 0) is 95.1 Å². The van der Waals surface area contributed by atoms with Gasteiger partial charge in [-0.1, -0.05) is 76.6 Å². The van der Waals surface area contributed by atoms with E-state index < -0.39 is 23.9 Å². The van der Waals surface area contributed by atoms with Gasteiger partial charge in [-0.2, -0.15) is 0 Å². The molecular weight excluding hydrogens is 721 g/mol. The second-order valence-electron chi connectivity index (χ2n) is 9.93. The van der Waals surface area contributed by atoms with E-state index in [1.807, 2.05) is 36.4 Å². The second-order valence-corrected chi connectivity index (χ2v) is 10.8. The van der Waals surface area contributed by atoms with Crippen molar-refractivity contribution in [2.24, 2.45) is 0 Å². The first-order valence-electron chi connectivity index (χ1n) is 14.4. The van der Waals surface area contributed by atoms with Crippen LogP contribution in [-0.4, -0.2) is 40.2 Å². The Bertz CT molecular complexity index is 1880. The Morgan fingerprint density at radius 1 is 0.540 bits per heavy atom. The van der Waals surface area contributed by atoms with E-state index in [4.69, 9.17) is 10.4 Å². The fourth-order valence-electron chi connectivity index (χ4n) is 3.83. The van der Waals surface area contributed by atoms with E-state index in [-0.39, 0.29) is 17.1 Å². The van der Waals surface area contributed by atoms with E-state index in [9.17, 15) is 32.3 Å². The highest BCUT2D eigenvalue weighted by Crippen LogP contribution is 2.23. The molecule has 9 nitrogen and oxygen atoms in total. The average molecular weight is 750 g/mol. The Morgan fingerprint density at radius 3 is 1.18 bits per heavy atom. The first kappa shape index (κ1) is 38.6. The molecule has 0 bridgehead atoms. The van der Waals surface area contributed by atoms with Gasteiger partial charge in [0.2, 0.25) is 0 Å². The number of benzene rings is 4. The number of carbonyl (C=O) groups excluding carboxylic acids is 4. The van der Waals surface area contributed by atoms with Crippen LogP contribution in [0.1, 0.15) is 43.0 Å². The van der Waals surface area contributed by atoms with Gasteiger partial charge in [-0.25, -0.2) is 11.0 Å². The van der Waals surface area contributed by atoms with Gasteiger partial charge in [-0.3, -0.25) is 29.6 Å². The molecule has 0 saturated heterocycles. The maximum atomic E-state index is 12.1. The molecule has 4 aromatic carbocycles. The van der Waals surface area contributed by atoms with Crippen molar-refractivity contribution in [2.45, 2.75) is 6.36 Å². The number of alkyl halides is 3. The Balaban J connectivity index is 0.000000274. The molecule has 0 unspecified atom stereocenters. The zero-order valence-electron chi connectivity index (χ0n) is 25.8. The van der Waals surface area contributed by atoms with Crippen LogP contribution >= 0.6 is 15.9 Å². The number of hydrogen-bond acceptors (Lipinski definition) is 7. The summed E-state index contributed by atoms with van der Waals surface area (Å²) in [4.78, 5) is 45.9. The van der Waals surface area contributed by atoms with Crippen molar-refractivity contribution in [3.63, 3.8) is 0 Å². The van der Waals surface area contributed by atoms with Crippen LogP contribution in [0.2, 0.25) is 0 Å². The maximum Gasteiger partial charge on any atom is 0.573 e. The molecule has 2 amide bonds. The van der Waals surface area contributed by atoms with Crippen molar-refractivity contribution in [1.82, 2.24) is 11.0 Å². The minimum Gasteiger partial charge on any atom is -0.406 e. The topological polar surface area (TPSA) is 142 Å². The summed E-state index contributed by atoms with van der Waals surface area (Å²) < 4.78 is 41.0. The smallest absolute Gasteiger partial charge is 0.406 e. The van der Waals surface area contributed by atoms with Gasteiger partial charge in [0.15, 0.2) is 11.6 Å². The maximum absolute atomic E-state index is 12.1. The second kappa shape index (κ2) is 19.2. The summed E-state index contributed by atoms with van der Waals surface area (Å²) in [6.45, 7) is 0. The molecule has 0 saturated carbocycles. The summed E-state index contributed by atoms with van der Waals surface area (Å²) in [5, 5.41) is 16.8. The van der Waals surface area contributed by atoms with E-state index in [1.54, 1.807) is 54.6 Å². The van der Waals surface area contributed by atoms with Crippen molar-refractivity contribution in [2.75, 3.05) is 0 Å². The van der Waals surface area contributed by atoms with Gasteiger partial charge < -0.3 is 4.74 Å². The number of nitrogens with one attached hydrogen (secondary N) is 2. The molecule has 4 aromatic rings. The summed E-state index contributed by atoms with van der Waals surface area (Å²) in [6, 6.07) is 25.9. The Kier molecular flexibility index (Phi) is 14.8. The van der Waals surface area contributed by atoms with Crippen LogP contribution in [0, 0.1) is 0 Å². The molecular formula is C37H28BrF3N2O7. The van der Waals surface area contributed by atoms with Crippen molar-refractivity contribution >= 4 is 63.6 Å². The van der Waals surface area contributed by atoms with Crippen molar-refractivity contribution in [1.29, 1.82) is 0 Å². The van der Waals surface area contributed by atoms with E-state index in [0.29, 0.717) is 16.7 Å². The van der Waals surface area contributed by atoms with Gasteiger partial charge in [0, 0.05) is 27.8 Å². The number of amides is 2. The third-order valence-electron chi connectivity index (χ3n) is 6.30. The highest BCUT2D eigenvalue weighted by Gasteiger charge is 2.31. The van der Waals surface area contributed by atoms with Crippen LogP contribution in [0.25, 0.3) is 24.3 Å². The standard InChI is InChI=1S/C19H14F3NO4.C18H14BrNO3/c20-19(21,22)27-16-9-7-15(8-10-16)17(24)11-5-13-1-3-14(4-2-13)6-12-18(25)23-26;19-16-9-7-15(8-10-16)17(21)11-5-13-1-3-14(4-2-13)6-12-18(22)20-23/h1-12,26H,(H,23,25);1-12,23H,(H,20,22)/b2*11-5+,12-6+. The third-order valence-corrected chi connectivity index (χ3v) is 6.83. The zero-order valence-corrected chi connectivity index (χ0v) is 27.4. The Labute approximate surface area is 292 Å². The molecule has 0 aliphatic heterocycles. The monoisotopic (exact) mass is 748 g/mol. The molecule has 0 radical (unpaired) electrons. The number of ether oxygens (including phenoxy) is 1. The molecule has 0 aromatic heterocycles. The lowest BCUT2D eigenvalue weighted by Gasteiger charge is -2.08. The lowest BCUT2D eigenvalue weighted by Crippen LogP contribution is -2.17. The number of carbonyl (C=O) groups is 4. The lowest BCUT2D eigenvalue weighted by molar-refractivity contribution is -0.274. The zero-order chi connectivity index (χ0) is 36.5. The summed E-state index contributed by atoms with van der Waals surface area (Å²) in [5.41, 5.74) is 6.94. The molecule has 256 valence electrons. The van der Waals surface area contributed by atoms with Gasteiger partial charge in [0.1, 0.15) is 5.75 Å². The normalized spacial score (nSPS) is 11.4. The predicted molar refractivity (Wildman–Crippen MR) is 185 cm³/mol. The Morgan fingerprint density at radius 2 is 0.860 bits per heavy atom. The van der Waals surface area contributed by atoms with Crippen LogP contribution in [0.15, 0.2) is 126 Å². The van der Waals surface area contributed by atoms with E-state index in [0.717, 1.165) is 33.8 Å². The highest BCUT2D eigenvalue weighted by atomic mass is 79.9. The number of rotatable bonds is 11. The first-order chi connectivity index (χ1) is 23.8. The fraction of sp³-hybridized carbons (Fsp3) is 0.0270. The molecule has 0 spiro atoms. The van der Waals surface area contributed by atoms with Crippen molar-refractivity contribution in [3.05, 3.63) is 159 Å². The number of hydrogen-bond donors (Lipinski definition) is 4. The molecule has 13 heteroatoms.